The Kier molecular flexibility index (Phi) is 5.91. The molecular formula is C25H19BrN2O2. The van der Waals surface area contributed by atoms with Gasteiger partial charge in [-0.3, -0.25) is 4.79 Å². The second kappa shape index (κ2) is 8.93. The van der Waals surface area contributed by atoms with Crippen LogP contribution in [0.1, 0.15) is 21.6 Å². The van der Waals surface area contributed by atoms with Crippen LogP contribution in [-0.4, -0.2) is 15.6 Å². The lowest BCUT2D eigenvalue weighted by Crippen LogP contribution is -2.00. The van der Waals surface area contributed by atoms with E-state index in [1.54, 1.807) is 29.0 Å². The van der Waals surface area contributed by atoms with Crippen LogP contribution < -0.4 is 4.74 Å². The lowest BCUT2D eigenvalue weighted by molar-refractivity contribution is 0.104. The standard InChI is InChI=1S/C25H19BrN2O2/c1-18-23(16-17-24(29)19-12-14-20(26)15-13-19)25(30-22-10-6-3-7-11-22)28(27-18)21-8-4-2-5-9-21/h2-17H,1H3/b17-16+. The fourth-order valence-electron chi connectivity index (χ4n) is 3.02. The predicted molar refractivity (Wildman–Crippen MR) is 122 cm³/mol. The first-order chi connectivity index (χ1) is 14.6. The molecule has 4 rings (SSSR count). The van der Waals surface area contributed by atoms with Gasteiger partial charge in [0.25, 0.3) is 0 Å². The van der Waals surface area contributed by atoms with Crippen LogP contribution in [0.25, 0.3) is 11.8 Å². The van der Waals surface area contributed by atoms with Crippen LogP contribution >= 0.6 is 15.9 Å². The molecule has 0 aliphatic rings. The summed E-state index contributed by atoms with van der Waals surface area (Å²) in [6, 6.07) is 26.6. The molecule has 1 aromatic heterocycles. The highest BCUT2D eigenvalue weighted by Gasteiger charge is 2.17. The van der Waals surface area contributed by atoms with E-state index in [2.05, 4.69) is 21.0 Å². The number of para-hydroxylation sites is 2. The van der Waals surface area contributed by atoms with Gasteiger partial charge in [0.2, 0.25) is 5.88 Å². The van der Waals surface area contributed by atoms with Gasteiger partial charge < -0.3 is 4.74 Å². The van der Waals surface area contributed by atoms with Crippen molar-refractivity contribution >= 4 is 27.8 Å². The van der Waals surface area contributed by atoms with Gasteiger partial charge in [-0.1, -0.05) is 52.3 Å². The summed E-state index contributed by atoms with van der Waals surface area (Å²) in [5.41, 5.74) is 3.02. The smallest absolute Gasteiger partial charge is 0.230 e. The van der Waals surface area contributed by atoms with Gasteiger partial charge in [0.15, 0.2) is 5.78 Å². The number of hydrogen-bond acceptors (Lipinski definition) is 3. The maximum atomic E-state index is 12.6. The molecule has 0 aliphatic carbocycles. The summed E-state index contributed by atoms with van der Waals surface area (Å²) in [5.74, 6) is 1.17. The topological polar surface area (TPSA) is 44.1 Å². The van der Waals surface area contributed by atoms with Crippen molar-refractivity contribution in [1.29, 1.82) is 0 Å². The number of benzene rings is 3. The van der Waals surface area contributed by atoms with Crippen molar-refractivity contribution < 1.29 is 9.53 Å². The van der Waals surface area contributed by atoms with Crippen LogP contribution in [0.15, 0.2) is 95.5 Å². The highest BCUT2D eigenvalue weighted by molar-refractivity contribution is 9.10. The summed E-state index contributed by atoms with van der Waals surface area (Å²) in [5, 5.41) is 4.66. The minimum Gasteiger partial charge on any atom is -0.438 e. The number of carbonyl (C=O) groups is 1. The van der Waals surface area contributed by atoms with E-state index >= 15 is 0 Å². The molecule has 1 heterocycles. The van der Waals surface area contributed by atoms with E-state index in [0.717, 1.165) is 21.4 Å². The molecule has 0 saturated carbocycles. The van der Waals surface area contributed by atoms with Crippen molar-refractivity contribution in [3.05, 3.63) is 112 Å². The summed E-state index contributed by atoms with van der Waals surface area (Å²) in [6.07, 6.45) is 3.32. The lowest BCUT2D eigenvalue weighted by Gasteiger charge is -2.10. The summed E-state index contributed by atoms with van der Waals surface area (Å²) in [4.78, 5) is 12.6. The lowest BCUT2D eigenvalue weighted by atomic mass is 10.1. The largest absolute Gasteiger partial charge is 0.438 e. The second-order valence-corrected chi connectivity index (χ2v) is 7.59. The third-order valence-corrected chi connectivity index (χ3v) is 5.08. The van der Waals surface area contributed by atoms with Crippen molar-refractivity contribution in [3.8, 4) is 17.3 Å². The maximum Gasteiger partial charge on any atom is 0.230 e. The van der Waals surface area contributed by atoms with Crippen LogP contribution in [0.4, 0.5) is 0 Å². The summed E-state index contributed by atoms with van der Waals surface area (Å²) in [7, 11) is 0. The van der Waals surface area contributed by atoms with Gasteiger partial charge in [-0.15, -0.1) is 0 Å². The highest BCUT2D eigenvalue weighted by atomic mass is 79.9. The zero-order valence-electron chi connectivity index (χ0n) is 16.3. The molecule has 0 bridgehead atoms. The summed E-state index contributed by atoms with van der Waals surface area (Å²) >= 11 is 3.39. The fourth-order valence-corrected chi connectivity index (χ4v) is 3.29. The molecule has 0 N–H and O–H groups in total. The third-order valence-electron chi connectivity index (χ3n) is 4.55. The molecule has 0 radical (unpaired) electrons. The number of ketones is 1. The molecule has 4 nitrogen and oxygen atoms in total. The average Bonchev–Trinajstić information content (AvgIpc) is 3.09. The molecule has 5 heteroatoms. The van der Waals surface area contributed by atoms with E-state index in [1.165, 1.54) is 0 Å². The molecule has 0 saturated heterocycles. The molecule has 0 spiro atoms. The molecular weight excluding hydrogens is 440 g/mol. The third kappa shape index (κ3) is 4.42. The van der Waals surface area contributed by atoms with Crippen molar-refractivity contribution in [2.75, 3.05) is 0 Å². The Bertz CT molecular complexity index is 1180. The van der Waals surface area contributed by atoms with Crippen LogP contribution in [0.3, 0.4) is 0 Å². The molecule has 3 aromatic carbocycles. The second-order valence-electron chi connectivity index (χ2n) is 6.67. The first kappa shape index (κ1) is 19.9. The van der Waals surface area contributed by atoms with E-state index in [9.17, 15) is 4.79 Å². The van der Waals surface area contributed by atoms with Gasteiger partial charge in [-0.2, -0.15) is 9.78 Å². The van der Waals surface area contributed by atoms with Gasteiger partial charge in [0.05, 0.1) is 16.9 Å². The number of aromatic nitrogens is 2. The number of rotatable bonds is 6. The Morgan fingerprint density at radius 1 is 0.933 bits per heavy atom. The molecule has 0 unspecified atom stereocenters. The number of hydrogen-bond donors (Lipinski definition) is 0. The van der Waals surface area contributed by atoms with E-state index in [1.807, 2.05) is 79.7 Å². The van der Waals surface area contributed by atoms with Crippen molar-refractivity contribution in [2.24, 2.45) is 0 Å². The van der Waals surface area contributed by atoms with Crippen LogP contribution in [-0.2, 0) is 0 Å². The van der Waals surface area contributed by atoms with Crippen LogP contribution in [0.5, 0.6) is 11.6 Å². The van der Waals surface area contributed by atoms with Gasteiger partial charge >= 0.3 is 0 Å². The van der Waals surface area contributed by atoms with Gasteiger partial charge in [-0.05, 0) is 67.6 Å². The van der Waals surface area contributed by atoms with Crippen molar-refractivity contribution in [1.82, 2.24) is 9.78 Å². The van der Waals surface area contributed by atoms with E-state index in [4.69, 9.17) is 4.74 Å². The Morgan fingerprint density at radius 2 is 1.57 bits per heavy atom. The highest BCUT2D eigenvalue weighted by Crippen LogP contribution is 2.31. The first-order valence-electron chi connectivity index (χ1n) is 9.48. The zero-order chi connectivity index (χ0) is 20.9. The minimum absolute atomic E-state index is 0.0833. The average molecular weight is 459 g/mol. The summed E-state index contributed by atoms with van der Waals surface area (Å²) in [6.45, 7) is 1.90. The van der Waals surface area contributed by atoms with E-state index in [0.29, 0.717) is 17.2 Å². The number of allylic oxidation sites excluding steroid dienone is 1. The van der Waals surface area contributed by atoms with Gasteiger partial charge in [0, 0.05) is 10.0 Å². The quantitative estimate of drug-likeness (QED) is 0.240. The molecule has 0 aliphatic heterocycles. The van der Waals surface area contributed by atoms with Crippen molar-refractivity contribution in [2.45, 2.75) is 6.92 Å². The molecule has 0 amide bonds. The van der Waals surface area contributed by atoms with Crippen molar-refractivity contribution in [3.63, 3.8) is 0 Å². The van der Waals surface area contributed by atoms with Gasteiger partial charge in [-0.25, -0.2) is 0 Å². The Labute approximate surface area is 183 Å². The Hall–Kier alpha value is -3.44. The number of nitrogens with zero attached hydrogens (tertiary/aromatic N) is 2. The molecule has 0 fully saturated rings. The summed E-state index contributed by atoms with van der Waals surface area (Å²) < 4.78 is 8.89. The number of carbonyl (C=O) groups excluding carboxylic acids is 1. The van der Waals surface area contributed by atoms with Gasteiger partial charge in [0.1, 0.15) is 5.75 Å². The number of aryl methyl sites for hydroxylation is 1. The maximum absolute atomic E-state index is 12.6. The SMILES string of the molecule is Cc1nn(-c2ccccc2)c(Oc2ccccc2)c1/C=C/C(=O)c1ccc(Br)cc1. The Morgan fingerprint density at radius 3 is 2.23 bits per heavy atom. The predicted octanol–water partition coefficient (Wildman–Crippen LogP) is 6.63. The van der Waals surface area contributed by atoms with E-state index < -0.39 is 0 Å². The van der Waals surface area contributed by atoms with E-state index in [-0.39, 0.29) is 5.78 Å². The first-order valence-corrected chi connectivity index (χ1v) is 10.3. The molecule has 0 atom stereocenters. The zero-order valence-corrected chi connectivity index (χ0v) is 17.9. The van der Waals surface area contributed by atoms with Crippen LogP contribution in [0.2, 0.25) is 0 Å². The normalized spacial score (nSPS) is 11.0. The monoisotopic (exact) mass is 458 g/mol. The molecule has 30 heavy (non-hydrogen) atoms. The van der Waals surface area contributed by atoms with Crippen LogP contribution in [0, 0.1) is 6.92 Å². The number of halogens is 1. The minimum atomic E-state index is -0.0833. The Balaban J connectivity index is 1.74. The number of ether oxygens (including phenoxy) is 1. The molecule has 148 valence electrons. The fraction of sp³-hybridized carbons (Fsp3) is 0.0400. The molecule has 4 aromatic rings.